The first kappa shape index (κ1) is 9.95. The molecule has 1 aliphatic carbocycles. The van der Waals surface area contributed by atoms with Gasteiger partial charge >= 0.3 is 0 Å². The Hall–Kier alpha value is -2.24. The molecule has 0 aliphatic heterocycles. The van der Waals surface area contributed by atoms with E-state index in [0.29, 0.717) is 11.6 Å². The van der Waals surface area contributed by atoms with Crippen LogP contribution in [0.2, 0.25) is 0 Å². The molecule has 2 N–H and O–H groups in total. The van der Waals surface area contributed by atoms with Crippen LogP contribution in [0.4, 0.5) is 5.69 Å². The monoisotopic (exact) mass is 229 g/mol. The zero-order chi connectivity index (χ0) is 11.7. The van der Waals surface area contributed by atoms with Crippen LogP contribution in [-0.4, -0.2) is 26.1 Å². The number of hydrogen-bond donors (Lipinski definition) is 2. The molecule has 0 bridgehead atoms. The second-order valence-electron chi connectivity index (χ2n) is 4.01. The van der Waals surface area contributed by atoms with Crippen molar-refractivity contribution in [2.45, 2.75) is 18.8 Å². The molecule has 0 aromatic carbocycles. The van der Waals surface area contributed by atoms with E-state index in [1.807, 2.05) is 0 Å². The fourth-order valence-electron chi connectivity index (χ4n) is 1.54. The summed E-state index contributed by atoms with van der Waals surface area (Å²) in [5, 5.41) is 9.42. The maximum absolute atomic E-state index is 11.8. The molecule has 2 aromatic heterocycles. The lowest BCUT2D eigenvalue weighted by atomic mass is 10.4. The maximum atomic E-state index is 11.8. The average molecular weight is 229 g/mol. The number of rotatable bonds is 3. The van der Waals surface area contributed by atoms with E-state index in [4.69, 9.17) is 0 Å². The van der Waals surface area contributed by atoms with Gasteiger partial charge in [0, 0.05) is 24.0 Å². The van der Waals surface area contributed by atoms with Gasteiger partial charge in [-0.1, -0.05) is 0 Å². The highest BCUT2D eigenvalue weighted by molar-refractivity contribution is 6.01. The molecule has 86 valence electrons. The minimum atomic E-state index is -0.306. The maximum Gasteiger partial charge on any atom is 0.295 e. The van der Waals surface area contributed by atoms with Crippen LogP contribution in [-0.2, 0) is 0 Å². The van der Waals surface area contributed by atoms with Gasteiger partial charge < -0.3 is 5.32 Å². The number of carbonyl (C=O) groups is 1. The Balaban J connectivity index is 1.72. The third kappa shape index (κ3) is 2.15. The summed E-state index contributed by atoms with van der Waals surface area (Å²) < 4.78 is 0. The van der Waals surface area contributed by atoms with Crippen LogP contribution < -0.4 is 5.32 Å². The summed E-state index contributed by atoms with van der Waals surface area (Å²) >= 11 is 0. The van der Waals surface area contributed by atoms with Gasteiger partial charge in [0.05, 0.1) is 0 Å². The Morgan fingerprint density at radius 3 is 2.82 bits per heavy atom. The summed E-state index contributed by atoms with van der Waals surface area (Å²) in [5.74, 6) is 1.15. The fraction of sp³-hybridized carbons (Fsp3) is 0.273. The summed E-state index contributed by atoms with van der Waals surface area (Å²) in [7, 11) is 0. The number of H-pyrrole nitrogens is 1. The van der Waals surface area contributed by atoms with E-state index in [1.54, 1.807) is 24.5 Å². The van der Waals surface area contributed by atoms with E-state index in [9.17, 15) is 4.79 Å². The Bertz CT molecular complexity index is 532. The molecule has 0 spiro atoms. The molecular weight excluding hydrogens is 218 g/mol. The average Bonchev–Trinajstić information content (AvgIpc) is 3.08. The molecule has 1 aliphatic rings. The number of nitrogens with zero attached hydrogens (tertiary/aromatic N) is 3. The zero-order valence-corrected chi connectivity index (χ0v) is 9.05. The van der Waals surface area contributed by atoms with E-state index in [1.165, 1.54) is 0 Å². The molecule has 6 heteroatoms. The molecule has 6 nitrogen and oxygen atoms in total. The lowest BCUT2D eigenvalue weighted by Gasteiger charge is -2.00. The van der Waals surface area contributed by atoms with Crippen LogP contribution in [0.1, 0.15) is 35.2 Å². The van der Waals surface area contributed by atoms with Gasteiger partial charge in [-0.25, -0.2) is 4.98 Å². The molecule has 1 fully saturated rings. The number of pyridine rings is 1. The second kappa shape index (κ2) is 3.97. The highest BCUT2D eigenvalue weighted by Gasteiger charge is 2.28. The van der Waals surface area contributed by atoms with E-state index in [-0.39, 0.29) is 11.7 Å². The zero-order valence-electron chi connectivity index (χ0n) is 9.05. The second-order valence-corrected chi connectivity index (χ2v) is 4.01. The molecule has 0 radical (unpaired) electrons. The van der Waals surface area contributed by atoms with E-state index < -0.39 is 0 Å². The first-order valence-electron chi connectivity index (χ1n) is 5.46. The first-order valence-corrected chi connectivity index (χ1v) is 5.46. The van der Waals surface area contributed by atoms with E-state index >= 15 is 0 Å². The van der Waals surface area contributed by atoms with Crippen molar-refractivity contribution < 1.29 is 4.79 Å². The smallest absolute Gasteiger partial charge is 0.295 e. The first-order chi connectivity index (χ1) is 8.33. The minimum Gasteiger partial charge on any atom is -0.319 e. The van der Waals surface area contributed by atoms with Gasteiger partial charge in [0.25, 0.3) is 5.91 Å². The van der Waals surface area contributed by atoms with Gasteiger partial charge in [-0.05, 0) is 25.0 Å². The van der Waals surface area contributed by atoms with Crippen molar-refractivity contribution in [1.82, 2.24) is 20.2 Å². The predicted molar refractivity (Wildman–Crippen MR) is 60.5 cm³/mol. The summed E-state index contributed by atoms with van der Waals surface area (Å²) in [6.45, 7) is 0. The number of nitrogens with one attached hydrogen (secondary N) is 2. The SMILES string of the molecule is O=C(Nc1ccncc1)c1n[nH]c(C2CC2)n1. The standard InChI is InChI=1S/C11H11N5O/c17-11(13-8-3-5-12-6-4-8)10-14-9(15-16-10)7-1-2-7/h3-7H,1-2H2,(H,12,13,17)(H,14,15,16). The molecule has 0 saturated heterocycles. The van der Waals surface area contributed by atoms with Gasteiger partial charge in [0.2, 0.25) is 5.82 Å². The fourth-order valence-corrected chi connectivity index (χ4v) is 1.54. The number of aromatic amines is 1. The Morgan fingerprint density at radius 1 is 1.35 bits per heavy atom. The van der Waals surface area contributed by atoms with Crippen molar-refractivity contribution in [2.24, 2.45) is 0 Å². The van der Waals surface area contributed by atoms with E-state index in [2.05, 4.69) is 25.5 Å². The van der Waals surface area contributed by atoms with Gasteiger partial charge in [0.1, 0.15) is 5.82 Å². The van der Waals surface area contributed by atoms with Crippen molar-refractivity contribution in [2.75, 3.05) is 5.32 Å². The van der Waals surface area contributed by atoms with Crippen molar-refractivity contribution >= 4 is 11.6 Å². The van der Waals surface area contributed by atoms with Gasteiger partial charge in [-0.3, -0.25) is 14.9 Å². The normalized spacial score (nSPS) is 14.6. The molecule has 1 amide bonds. The van der Waals surface area contributed by atoms with Crippen LogP contribution in [0.15, 0.2) is 24.5 Å². The molecule has 2 heterocycles. The van der Waals surface area contributed by atoms with Crippen molar-refractivity contribution in [3.8, 4) is 0 Å². The van der Waals surface area contributed by atoms with Crippen LogP contribution in [0, 0.1) is 0 Å². The lowest BCUT2D eigenvalue weighted by molar-refractivity contribution is 0.101. The Morgan fingerprint density at radius 2 is 2.12 bits per heavy atom. The number of hydrogen-bond acceptors (Lipinski definition) is 4. The molecule has 0 atom stereocenters. The molecule has 17 heavy (non-hydrogen) atoms. The van der Waals surface area contributed by atoms with Gasteiger partial charge in [-0.15, -0.1) is 5.10 Å². The van der Waals surface area contributed by atoms with Crippen molar-refractivity contribution in [3.63, 3.8) is 0 Å². The number of amides is 1. The highest BCUT2D eigenvalue weighted by atomic mass is 16.2. The Kier molecular flexibility index (Phi) is 2.32. The van der Waals surface area contributed by atoms with Crippen LogP contribution in [0.25, 0.3) is 0 Å². The molecular formula is C11H11N5O. The Labute approximate surface area is 97.5 Å². The summed E-state index contributed by atoms with van der Waals surface area (Å²) in [6, 6.07) is 3.43. The van der Waals surface area contributed by atoms with Crippen molar-refractivity contribution in [1.29, 1.82) is 0 Å². The molecule has 1 saturated carbocycles. The van der Waals surface area contributed by atoms with Gasteiger partial charge in [0.15, 0.2) is 0 Å². The predicted octanol–water partition coefficient (Wildman–Crippen LogP) is 1.33. The minimum absolute atomic E-state index is 0.184. The number of anilines is 1. The topological polar surface area (TPSA) is 83.6 Å². The quantitative estimate of drug-likeness (QED) is 0.831. The van der Waals surface area contributed by atoms with Crippen LogP contribution >= 0.6 is 0 Å². The van der Waals surface area contributed by atoms with Crippen LogP contribution in [0.3, 0.4) is 0 Å². The lowest BCUT2D eigenvalue weighted by Crippen LogP contribution is -2.13. The summed E-state index contributed by atoms with van der Waals surface area (Å²) in [6.07, 6.45) is 5.48. The third-order valence-electron chi connectivity index (χ3n) is 2.61. The van der Waals surface area contributed by atoms with E-state index in [0.717, 1.165) is 18.7 Å². The third-order valence-corrected chi connectivity index (χ3v) is 2.61. The number of aromatic nitrogens is 4. The summed E-state index contributed by atoms with van der Waals surface area (Å²) in [5.41, 5.74) is 0.683. The van der Waals surface area contributed by atoms with Crippen LogP contribution in [0.5, 0.6) is 0 Å². The molecule has 0 unspecified atom stereocenters. The molecule has 3 rings (SSSR count). The summed E-state index contributed by atoms with van der Waals surface area (Å²) in [4.78, 5) is 19.8. The highest BCUT2D eigenvalue weighted by Crippen LogP contribution is 2.37. The number of carbonyl (C=O) groups excluding carboxylic acids is 1. The largest absolute Gasteiger partial charge is 0.319 e. The van der Waals surface area contributed by atoms with Gasteiger partial charge in [-0.2, -0.15) is 0 Å². The van der Waals surface area contributed by atoms with Crippen molar-refractivity contribution in [3.05, 3.63) is 36.2 Å². The molecule has 2 aromatic rings.